The molecule has 116 valence electrons. The van der Waals surface area contributed by atoms with Crippen LogP contribution in [-0.2, 0) is 10.2 Å². The van der Waals surface area contributed by atoms with Crippen molar-refractivity contribution in [2.24, 2.45) is 0 Å². The molecule has 1 heterocycles. The van der Waals surface area contributed by atoms with Crippen LogP contribution in [0.2, 0.25) is 0 Å². The topological polar surface area (TPSA) is 71.5 Å². The number of anilines is 1. The fourth-order valence-corrected chi connectivity index (χ4v) is 2.61. The second-order valence-corrected chi connectivity index (χ2v) is 6.69. The standard InChI is InChI=1S/C16H24N2O3/c1-16(2,3)13-7-10(15(19)20)8-14(18-13)17-11-5-6-12(9-11)21-4/h7-8,11-12H,5-6,9H2,1-4H3,(H,17,18)(H,19,20). The molecule has 1 aromatic rings. The Morgan fingerprint density at radius 1 is 1.38 bits per heavy atom. The van der Waals surface area contributed by atoms with Gasteiger partial charge in [0.2, 0.25) is 0 Å². The van der Waals surface area contributed by atoms with E-state index in [9.17, 15) is 9.90 Å². The number of aromatic carboxylic acids is 1. The molecular formula is C16H24N2O3. The Hall–Kier alpha value is -1.62. The van der Waals surface area contributed by atoms with Gasteiger partial charge in [-0.2, -0.15) is 0 Å². The minimum Gasteiger partial charge on any atom is -0.478 e. The van der Waals surface area contributed by atoms with E-state index >= 15 is 0 Å². The van der Waals surface area contributed by atoms with Crippen LogP contribution in [0.25, 0.3) is 0 Å². The summed E-state index contributed by atoms with van der Waals surface area (Å²) in [5.41, 5.74) is 0.872. The summed E-state index contributed by atoms with van der Waals surface area (Å²) < 4.78 is 5.36. The lowest BCUT2D eigenvalue weighted by Gasteiger charge is -2.21. The largest absolute Gasteiger partial charge is 0.478 e. The Morgan fingerprint density at radius 2 is 2.10 bits per heavy atom. The lowest BCUT2D eigenvalue weighted by Crippen LogP contribution is -2.21. The second kappa shape index (κ2) is 6.02. The van der Waals surface area contributed by atoms with Crippen molar-refractivity contribution in [1.82, 2.24) is 4.98 Å². The van der Waals surface area contributed by atoms with Crippen molar-refractivity contribution in [3.63, 3.8) is 0 Å². The Bertz CT molecular complexity index is 523. The van der Waals surface area contributed by atoms with Crippen LogP contribution in [0.15, 0.2) is 12.1 Å². The van der Waals surface area contributed by atoms with Crippen molar-refractivity contribution in [3.05, 3.63) is 23.4 Å². The van der Waals surface area contributed by atoms with Crippen molar-refractivity contribution in [1.29, 1.82) is 0 Å². The van der Waals surface area contributed by atoms with Gasteiger partial charge in [-0.05, 0) is 31.4 Å². The number of nitrogens with zero attached hydrogens (tertiary/aromatic N) is 1. The number of carboxylic acid groups (broad SMARTS) is 1. The van der Waals surface area contributed by atoms with Crippen LogP contribution >= 0.6 is 0 Å². The van der Waals surface area contributed by atoms with Crippen LogP contribution in [0, 0.1) is 0 Å². The molecule has 0 aliphatic heterocycles. The normalized spacial score (nSPS) is 22.3. The summed E-state index contributed by atoms with van der Waals surface area (Å²) in [5.74, 6) is -0.284. The highest BCUT2D eigenvalue weighted by molar-refractivity contribution is 5.88. The van der Waals surface area contributed by atoms with E-state index in [0.717, 1.165) is 25.0 Å². The van der Waals surface area contributed by atoms with Gasteiger partial charge in [0.25, 0.3) is 0 Å². The Kier molecular flexibility index (Phi) is 4.52. The summed E-state index contributed by atoms with van der Waals surface area (Å²) >= 11 is 0. The van der Waals surface area contributed by atoms with Crippen LogP contribution in [-0.4, -0.2) is 35.3 Å². The molecule has 0 spiro atoms. The molecule has 0 radical (unpaired) electrons. The highest BCUT2D eigenvalue weighted by Gasteiger charge is 2.25. The van der Waals surface area contributed by atoms with Crippen LogP contribution in [0.3, 0.4) is 0 Å². The molecular weight excluding hydrogens is 268 g/mol. The van der Waals surface area contributed by atoms with Gasteiger partial charge in [0.1, 0.15) is 5.82 Å². The molecule has 0 bridgehead atoms. The Morgan fingerprint density at radius 3 is 2.62 bits per heavy atom. The first-order chi connectivity index (χ1) is 9.79. The molecule has 2 unspecified atom stereocenters. The van der Waals surface area contributed by atoms with Gasteiger partial charge in [-0.25, -0.2) is 9.78 Å². The molecule has 2 N–H and O–H groups in total. The molecule has 1 aromatic heterocycles. The van der Waals surface area contributed by atoms with Gasteiger partial charge in [-0.1, -0.05) is 20.8 Å². The average Bonchev–Trinajstić information content (AvgIpc) is 2.85. The molecule has 1 saturated carbocycles. The molecule has 1 aliphatic rings. The van der Waals surface area contributed by atoms with Gasteiger partial charge in [0.05, 0.1) is 11.7 Å². The van der Waals surface area contributed by atoms with E-state index in [0.29, 0.717) is 11.9 Å². The van der Waals surface area contributed by atoms with Crippen molar-refractivity contribution in [3.8, 4) is 0 Å². The zero-order valence-corrected chi connectivity index (χ0v) is 13.1. The van der Waals surface area contributed by atoms with E-state index in [4.69, 9.17) is 4.74 Å². The van der Waals surface area contributed by atoms with Crippen molar-refractivity contribution >= 4 is 11.8 Å². The quantitative estimate of drug-likeness (QED) is 0.892. The number of aromatic nitrogens is 1. The number of carbonyl (C=O) groups is 1. The average molecular weight is 292 g/mol. The van der Waals surface area contributed by atoms with Crippen LogP contribution in [0.4, 0.5) is 5.82 Å². The molecule has 5 heteroatoms. The maximum Gasteiger partial charge on any atom is 0.335 e. The molecule has 0 saturated heterocycles. The molecule has 1 fully saturated rings. The number of pyridine rings is 1. The summed E-state index contributed by atoms with van der Waals surface area (Å²) in [7, 11) is 1.73. The van der Waals surface area contributed by atoms with Crippen LogP contribution in [0.5, 0.6) is 0 Å². The summed E-state index contributed by atoms with van der Waals surface area (Å²) in [5, 5.41) is 12.6. The fraction of sp³-hybridized carbons (Fsp3) is 0.625. The minimum absolute atomic E-state index is 0.188. The number of rotatable bonds is 4. The first kappa shape index (κ1) is 15.8. The van der Waals surface area contributed by atoms with Gasteiger partial charge in [-0.15, -0.1) is 0 Å². The third-order valence-electron chi connectivity index (χ3n) is 3.91. The number of ether oxygens (including phenoxy) is 1. The Labute approximate surface area is 125 Å². The third-order valence-corrected chi connectivity index (χ3v) is 3.91. The van der Waals surface area contributed by atoms with Gasteiger partial charge < -0.3 is 15.2 Å². The number of methoxy groups -OCH3 is 1. The van der Waals surface area contributed by atoms with Crippen LogP contribution in [0.1, 0.15) is 56.1 Å². The number of nitrogens with one attached hydrogen (secondary N) is 1. The summed E-state index contributed by atoms with van der Waals surface area (Å²) in [6.45, 7) is 6.09. The third kappa shape index (κ3) is 3.94. The van der Waals surface area contributed by atoms with Crippen LogP contribution < -0.4 is 5.32 Å². The van der Waals surface area contributed by atoms with Crippen molar-refractivity contribution in [2.75, 3.05) is 12.4 Å². The summed E-state index contributed by atoms with van der Waals surface area (Å²) in [4.78, 5) is 15.9. The lowest BCUT2D eigenvalue weighted by atomic mass is 9.90. The van der Waals surface area contributed by atoms with E-state index in [1.54, 1.807) is 19.2 Å². The summed E-state index contributed by atoms with van der Waals surface area (Å²) in [6.07, 6.45) is 3.26. The van der Waals surface area contributed by atoms with E-state index in [-0.39, 0.29) is 17.1 Å². The SMILES string of the molecule is COC1CCC(Nc2cc(C(=O)O)cc(C(C)(C)C)n2)C1. The molecule has 2 rings (SSSR count). The maximum atomic E-state index is 11.3. The monoisotopic (exact) mass is 292 g/mol. The van der Waals surface area contributed by atoms with Gasteiger partial charge >= 0.3 is 5.97 Å². The van der Waals surface area contributed by atoms with E-state index in [2.05, 4.69) is 10.3 Å². The lowest BCUT2D eigenvalue weighted by molar-refractivity contribution is 0.0696. The second-order valence-electron chi connectivity index (χ2n) is 6.69. The van der Waals surface area contributed by atoms with Gasteiger partial charge in [0, 0.05) is 24.3 Å². The van der Waals surface area contributed by atoms with E-state index in [1.165, 1.54) is 0 Å². The molecule has 1 aliphatic carbocycles. The summed E-state index contributed by atoms with van der Waals surface area (Å²) in [6, 6.07) is 3.55. The highest BCUT2D eigenvalue weighted by Crippen LogP contribution is 2.27. The molecule has 0 aromatic carbocycles. The molecule has 0 amide bonds. The molecule has 21 heavy (non-hydrogen) atoms. The zero-order valence-electron chi connectivity index (χ0n) is 13.1. The first-order valence-electron chi connectivity index (χ1n) is 7.35. The highest BCUT2D eigenvalue weighted by atomic mass is 16.5. The number of hydrogen-bond acceptors (Lipinski definition) is 4. The van der Waals surface area contributed by atoms with Gasteiger partial charge in [-0.3, -0.25) is 0 Å². The fourth-order valence-electron chi connectivity index (χ4n) is 2.61. The van der Waals surface area contributed by atoms with Crippen molar-refractivity contribution in [2.45, 2.75) is 57.6 Å². The first-order valence-corrected chi connectivity index (χ1v) is 7.35. The van der Waals surface area contributed by atoms with Crippen molar-refractivity contribution < 1.29 is 14.6 Å². The predicted octanol–water partition coefficient (Wildman–Crippen LogP) is 3.06. The minimum atomic E-state index is -0.924. The predicted molar refractivity (Wildman–Crippen MR) is 82.0 cm³/mol. The molecule has 2 atom stereocenters. The molecule has 5 nitrogen and oxygen atoms in total. The Balaban J connectivity index is 2.22. The van der Waals surface area contributed by atoms with E-state index in [1.807, 2.05) is 20.8 Å². The van der Waals surface area contributed by atoms with E-state index < -0.39 is 5.97 Å². The maximum absolute atomic E-state index is 11.3. The number of carboxylic acids is 1. The van der Waals surface area contributed by atoms with Gasteiger partial charge in [0.15, 0.2) is 0 Å². The number of hydrogen-bond donors (Lipinski definition) is 2. The smallest absolute Gasteiger partial charge is 0.335 e. The zero-order chi connectivity index (χ0) is 15.6.